The van der Waals surface area contributed by atoms with E-state index in [0.717, 1.165) is 35.0 Å². The molecule has 2 aliphatic rings. The number of benzene rings is 2. The van der Waals surface area contributed by atoms with Gasteiger partial charge in [-0.1, -0.05) is 79.2 Å². The lowest BCUT2D eigenvalue weighted by Crippen LogP contribution is -2.58. The number of hydrazine groups is 2. The number of ketones is 2. The summed E-state index contributed by atoms with van der Waals surface area (Å²) < 4.78 is 24.1. The monoisotopic (exact) mass is 1730 g/mol. The number of ether oxygens (including phenoxy) is 4. The third-order valence-corrected chi connectivity index (χ3v) is 19.1. The van der Waals surface area contributed by atoms with Crippen molar-refractivity contribution >= 4 is 101 Å². The summed E-state index contributed by atoms with van der Waals surface area (Å²) in [6.07, 6.45) is 3.86. The van der Waals surface area contributed by atoms with Crippen LogP contribution in [-0.2, 0) is 107 Å². The first-order valence-corrected chi connectivity index (χ1v) is 41.5. The van der Waals surface area contributed by atoms with Gasteiger partial charge in [0.05, 0.1) is 109 Å². The van der Waals surface area contributed by atoms with Crippen LogP contribution in [0.25, 0.3) is 0 Å². The van der Waals surface area contributed by atoms with Crippen LogP contribution < -0.4 is 80.8 Å². The summed E-state index contributed by atoms with van der Waals surface area (Å²) in [6.45, 7) is 2.08. The zero-order chi connectivity index (χ0) is 89.5. The lowest BCUT2D eigenvalue weighted by molar-refractivity contribution is -0.143. The quantitative estimate of drug-likeness (QED) is 0.0166. The van der Waals surface area contributed by atoms with Gasteiger partial charge >= 0.3 is 24.0 Å². The number of carboxylic acids is 2. The number of carboxylic acid groups (broad SMARTS) is 2. The molecule has 0 bridgehead atoms. The van der Waals surface area contributed by atoms with E-state index < -0.39 is 151 Å². The average Bonchev–Trinajstić information content (AvgIpc) is 1.45. The molecule has 21 N–H and O–H groups in total. The van der Waals surface area contributed by atoms with Crippen LogP contribution in [-0.4, -0.2) is 283 Å². The number of nitrogens with two attached hydrogens (primary N) is 2. The molecule has 44 nitrogen and oxygen atoms in total. The van der Waals surface area contributed by atoms with Crippen LogP contribution in [0.15, 0.2) is 66.9 Å². The topological polar surface area (TPSA) is 630 Å². The number of carbonyl (C=O) groups is 15. The van der Waals surface area contributed by atoms with Crippen molar-refractivity contribution in [3.8, 4) is 0 Å². The number of guanidine groups is 2. The summed E-state index contributed by atoms with van der Waals surface area (Å²) in [5, 5.41) is 73.6. The van der Waals surface area contributed by atoms with Crippen molar-refractivity contribution in [3.05, 3.63) is 83.7 Å². The number of aliphatic carboxylic acids is 2. The highest BCUT2D eigenvalue weighted by Gasteiger charge is 2.35. The number of unbranched alkanes of at least 4 members (excludes halogenated alkanes) is 3. The van der Waals surface area contributed by atoms with Gasteiger partial charge in [0.15, 0.2) is 23.5 Å². The molecule has 3 heterocycles. The molecule has 44 heteroatoms. The van der Waals surface area contributed by atoms with Crippen LogP contribution in [0.2, 0.25) is 0 Å². The molecule has 2 fully saturated rings. The van der Waals surface area contributed by atoms with Crippen LogP contribution >= 0.6 is 0 Å². The van der Waals surface area contributed by atoms with Gasteiger partial charge in [-0.3, -0.25) is 83.6 Å². The molecular weight excluding hydrogens is 1610 g/mol. The average molecular weight is 1730 g/mol. The Hall–Kier alpha value is -12.0. The highest BCUT2D eigenvalue weighted by Crippen LogP contribution is 2.16. The predicted octanol–water partition coefficient (Wildman–Crippen LogP) is -1.93. The maximum absolute atomic E-state index is 14.3. The Morgan fingerprint density at radius 2 is 1.01 bits per heavy atom. The zero-order valence-corrected chi connectivity index (χ0v) is 69.8. The summed E-state index contributed by atoms with van der Waals surface area (Å²) in [6, 6.07) is 8.84. The fraction of sp³-hybridized carbons (Fsp3) is 0.608. The molecule has 0 unspecified atom stereocenters. The summed E-state index contributed by atoms with van der Waals surface area (Å²) in [5.41, 5.74) is 18.2. The van der Waals surface area contributed by atoms with E-state index in [4.69, 9.17) is 41.2 Å². The molecule has 5 rings (SSSR count). The molecule has 1 aromatic heterocycles. The van der Waals surface area contributed by atoms with E-state index in [1.54, 1.807) is 71.5 Å². The number of aryl methyl sites for hydroxylation is 1. The largest absolute Gasteiger partial charge is 0.481 e. The molecule has 680 valence electrons. The van der Waals surface area contributed by atoms with Gasteiger partial charge in [-0.05, 0) is 94.6 Å². The Morgan fingerprint density at radius 3 is 1.53 bits per heavy atom. The first-order valence-electron chi connectivity index (χ1n) is 41.5. The number of hydrogen-bond acceptors (Lipinski definition) is 24. The molecule has 2 aliphatic heterocycles. The van der Waals surface area contributed by atoms with Crippen molar-refractivity contribution in [2.24, 2.45) is 17.4 Å². The Bertz CT molecular complexity index is 3880. The Balaban J connectivity index is 1.22. The first kappa shape index (κ1) is 102. The van der Waals surface area contributed by atoms with Crippen molar-refractivity contribution in [2.45, 2.75) is 192 Å². The van der Waals surface area contributed by atoms with Crippen LogP contribution in [0.3, 0.4) is 0 Å². The second-order valence-electron chi connectivity index (χ2n) is 29.3. The number of carbonyl (C=O) groups excluding carboxylic acids is 13. The summed E-state index contributed by atoms with van der Waals surface area (Å²) >= 11 is 0. The molecule has 13 amide bonds. The van der Waals surface area contributed by atoms with Crippen molar-refractivity contribution in [3.63, 3.8) is 0 Å². The van der Waals surface area contributed by atoms with Crippen molar-refractivity contribution in [2.75, 3.05) is 112 Å². The second-order valence-corrected chi connectivity index (χ2v) is 29.3. The van der Waals surface area contributed by atoms with Gasteiger partial charge in [0.25, 0.3) is 0 Å². The third-order valence-electron chi connectivity index (χ3n) is 19.1. The fourth-order valence-electron chi connectivity index (χ4n) is 12.6. The molecule has 2 saturated heterocycles. The van der Waals surface area contributed by atoms with E-state index in [0.29, 0.717) is 43.8 Å². The van der Waals surface area contributed by atoms with Gasteiger partial charge in [-0.25, -0.2) is 24.7 Å². The second kappa shape index (κ2) is 58.8. The van der Waals surface area contributed by atoms with E-state index in [1.165, 1.54) is 4.90 Å². The van der Waals surface area contributed by atoms with Crippen LogP contribution in [0.1, 0.15) is 152 Å². The number of nitrogens with one attached hydrogen (secondary N) is 15. The number of urea groups is 2. The van der Waals surface area contributed by atoms with Gasteiger partial charge in [-0.2, -0.15) is 0 Å². The van der Waals surface area contributed by atoms with Gasteiger partial charge in [0, 0.05) is 84.3 Å². The number of nitrogens with zero attached hydrogens (tertiary/aromatic N) is 6. The van der Waals surface area contributed by atoms with Crippen molar-refractivity contribution in [1.82, 2.24) is 99.2 Å². The molecule has 3 aromatic rings. The smallest absolute Gasteiger partial charge is 0.337 e. The number of rotatable bonds is 53. The summed E-state index contributed by atoms with van der Waals surface area (Å²) in [4.78, 5) is 204. The molecule has 0 aliphatic carbocycles. The van der Waals surface area contributed by atoms with Gasteiger partial charge in [0.1, 0.15) is 30.7 Å². The number of amides is 13. The maximum atomic E-state index is 14.3. The molecule has 6 atom stereocenters. The molecule has 2 aromatic carbocycles. The fourth-order valence-corrected chi connectivity index (χ4v) is 12.6. The Kier molecular flexibility index (Phi) is 48.6. The van der Waals surface area contributed by atoms with Gasteiger partial charge in [0.2, 0.25) is 53.2 Å². The molecule has 0 saturated carbocycles. The van der Waals surface area contributed by atoms with Crippen molar-refractivity contribution < 1.29 is 101 Å². The normalized spacial score (nSPS) is 17.9. The molecule has 123 heavy (non-hydrogen) atoms. The Morgan fingerprint density at radius 1 is 0.528 bits per heavy atom. The van der Waals surface area contributed by atoms with Gasteiger partial charge in [-0.15, -0.1) is 5.10 Å². The molecule has 0 spiro atoms. The zero-order valence-electron chi connectivity index (χ0n) is 69.8. The SMILES string of the molecule is CCCCc1cn(CC(=O)CCCOCCOCCOCCOCCC(=O)N(CCC(=O)NCCCC[C@@H]2NC(=O)N(Cc3ccccc3)NC[C@H](CC(=O)O)NC(=O)CNC(=O)[C@H](CCCNC(=N)N)NC2=O)CCC(=O)NCCCC[C@@H]2NC(=O)N(Cc3ccccc3)NC(=O)[C@H](CC(=O)O)CC(=O)CNC(=O)[C@H](CCCNC(=N)N)NC2=O)nn1. The summed E-state index contributed by atoms with van der Waals surface area (Å²) in [5.74, 6) is -12.0. The van der Waals surface area contributed by atoms with Gasteiger partial charge < -0.3 is 104 Å². The minimum atomic E-state index is -1.49. The molecule has 0 radical (unpaired) electrons. The lowest BCUT2D eigenvalue weighted by atomic mass is 9.97. The van der Waals surface area contributed by atoms with E-state index in [1.807, 2.05) is 0 Å². The van der Waals surface area contributed by atoms with Crippen LogP contribution in [0.5, 0.6) is 0 Å². The van der Waals surface area contributed by atoms with E-state index in [9.17, 15) is 82.1 Å². The minimum Gasteiger partial charge on any atom is -0.481 e. The lowest BCUT2D eigenvalue weighted by Gasteiger charge is -2.29. The first-order chi connectivity index (χ1) is 59.1. The minimum absolute atomic E-state index is 0.0147. The highest BCUT2D eigenvalue weighted by molar-refractivity contribution is 5.97. The number of Topliss-reactive ketones (excluding diaryl/α,β-unsaturated/α-hetero) is 2. The van der Waals surface area contributed by atoms with E-state index >= 15 is 0 Å². The Labute approximate surface area is 713 Å². The molecular formula is C79H123N23O21. The van der Waals surface area contributed by atoms with E-state index in [-0.39, 0.29) is 200 Å². The number of aromatic nitrogens is 3. The van der Waals surface area contributed by atoms with Crippen LogP contribution in [0.4, 0.5) is 9.59 Å². The number of hydrogen-bond donors (Lipinski definition) is 19. The third kappa shape index (κ3) is 44.4. The van der Waals surface area contributed by atoms with Crippen molar-refractivity contribution in [1.29, 1.82) is 10.8 Å². The predicted molar refractivity (Wildman–Crippen MR) is 443 cm³/mol. The maximum Gasteiger partial charge on any atom is 0.337 e. The van der Waals surface area contributed by atoms with E-state index in [2.05, 4.69) is 86.6 Å². The van der Waals surface area contributed by atoms with Crippen LogP contribution in [0, 0.1) is 16.7 Å². The summed E-state index contributed by atoms with van der Waals surface area (Å²) in [7, 11) is 0. The highest BCUT2D eigenvalue weighted by atomic mass is 16.6. The standard InChI is InChI=1S/C79H123N23O21/c1-2-3-21-57-52-100(98-96-57)53-59(103)22-16-36-120-38-40-122-42-43-123-41-39-121-37-29-68(108)99(34-27-65(105)84-30-12-10-23-63-74(116)93-62(26-15-33-87-77(82)83)73(115)89-49-67(107)91-58(46-70(111)112)47-90-101(78(118)94-63)50-54-17-6-4-7-18-54)35-28-66(106)85-31-13-11-24-64-75(117)92-61(25-14-32-86-76(80)81)72(114)88-48-60(104)44-56(45-69(109)110)71(113)97-102(79(119)95-64)51-55-19-8-5-9-20-55/h4-9,17-20,52,56,58,61-64,90H,2-3,10-16,21-51,53H2,1H3,(H,84,105)(H,85,106)(H,88,114)(H,89,115)(H,91,107)(H,92,117)(H,93,116)(H,94,118)(H,95,119)(H,97,113)(H,109,110)(H,111,112)(H4,80,81,86)(H4,82,83,87)/t56-,58-,61-,62-,63-,64-/m0/s1.